The smallest absolute Gasteiger partial charge is 0.233 e. The first kappa shape index (κ1) is 16.4. The SMILES string of the molecule is CCCNC1CCOCC1c1nc(C(CC)OCC)no1. The standard InChI is InChI=1S/C15H27N3O3/c1-4-8-16-12-7-9-19-10-11(12)15-17-14(18-21-15)13(5-2)20-6-3/h11-13,16H,4-10H2,1-3H3. The van der Waals surface area contributed by atoms with Crippen molar-refractivity contribution in [3.63, 3.8) is 0 Å². The fourth-order valence-corrected chi connectivity index (χ4v) is 2.66. The van der Waals surface area contributed by atoms with E-state index >= 15 is 0 Å². The highest BCUT2D eigenvalue weighted by Gasteiger charge is 2.32. The Labute approximate surface area is 126 Å². The van der Waals surface area contributed by atoms with Crippen LogP contribution in [0.25, 0.3) is 0 Å². The van der Waals surface area contributed by atoms with Gasteiger partial charge in [-0.1, -0.05) is 19.0 Å². The van der Waals surface area contributed by atoms with Crippen LogP contribution in [0, 0.1) is 0 Å². The summed E-state index contributed by atoms with van der Waals surface area (Å²) in [7, 11) is 0. The maximum atomic E-state index is 5.64. The molecule has 21 heavy (non-hydrogen) atoms. The Morgan fingerprint density at radius 3 is 2.95 bits per heavy atom. The van der Waals surface area contributed by atoms with E-state index in [-0.39, 0.29) is 12.0 Å². The second kappa shape index (κ2) is 8.46. The van der Waals surface area contributed by atoms with E-state index < -0.39 is 0 Å². The molecule has 0 spiro atoms. The van der Waals surface area contributed by atoms with Crippen LogP contribution in [0.5, 0.6) is 0 Å². The van der Waals surface area contributed by atoms with Gasteiger partial charge in [0.2, 0.25) is 11.7 Å². The molecule has 2 heterocycles. The summed E-state index contributed by atoms with van der Waals surface area (Å²) in [5.41, 5.74) is 0. The molecule has 0 amide bonds. The highest BCUT2D eigenvalue weighted by Crippen LogP contribution is 2.27. The van der Waals surface area contributed by atoms with E-state index in [1.165, 1.54) is 0 Å². The molecule has 1 aliphatic heterocycles. The fraction of sp³-hybridized carbons (Fsp3) is 0.867. The number of nitrogens with zero attached hydrogens (tertiary/aromatic N) is 2. The minimum absolute atomic E-state index is 0.0842. The maximum Gasteiger partial charge on any atom is 0.233 e. The van der Waals surface area contributed by atoms with Crippen molar-refractivity contribution in [1.82, 2.24) is 15.5 Å². The predicted molar refractivity (Wildman–Crippen MR) is 79.2 cm³/mol. The summed E-state index contributed by atoms with van der Waals surface area (Å²) in [5, 5.41) is 7.66. The first-order valence-corrected chi connectivity index (χ1v) is 8.06. The van der Waals surface area contributed by atoms with Crippen molar-refractivity contribution < 1.29 is 14.0 Å². The maximum absolute atomic E-state index is 5.64. The van der Waals surface area contributed by atoms with Gasteiger partial charge in [0.05, 0.1) is 12.5 Å². The monoisotopic (exact) mass is 297 g/mol. The van der Waals surface area contributed by atoms with Crippen LogP contribution in [0.4, 0.5) is 0 Å². The molecule has 6 heteroatoms. The van der Waals surface area contributed by atoms with Crippen molar-refractivity contribution in [2.75, 3.05) is 26.4 Å². The molecule has 0 aromatic carbocycles. The molecule has 120 valence electrons. The molecule has 1 aliphatic rings. The van der Waals surface area contributed by atoms with Crippen LogP contribution in [-0.2, 0) is 9.47 Å². The van der Waals surface area contributed by atoms with E-state index in [0.29, 0.717) is 31.0 Å². The van der Waals surface area contributed by atoms with Crippen molar-refractivity contribution >= 4 is 0 Å². The van der Waals surface area contributed by atoms with Gasteiger partial charge in [-0.2, -0.15) is 4.98 Å². The lowest BCUT2D eigenvalue weighted by atomic mass is 9.95. The number of ether oxygens (including phenoxy) is 2. The van der Waals surface area contributed by atoms with Crippen molar-refractivity contribution in [2.45, 2.75) is 58.1 Å². The number of hydrogen-bond acceptors (Lipinski definition) is 6. The normalized spacial score (nSPS) is 24.1. The molecule has 2 rings (SSSR count). The first-order valence-electron chi connectivity index (χ1n) is 8.06. The van der Waals surface area contributed by atoms with E-state index in [0.717, 1.165) is 32.4 Å². The molecule has 1 saturated heterocycles. The quantitative estimate of drug-likeness (QED) is 0.794. The fourth-order valence-electron chi connectivity index (χ4n) is 2.66. The molecule has 1 aromatic heterocycles. The van der Waals surface area contributed by atoms with E-state index in [4.69, 9.17) is 14.0 Å². The molecule has 6 nitrogen and oxygen atoms in total. The molecule has 1 N–H and O–H groups in total. The molecule has 0 saturated carbocycles. The highest BCUT2D eigenvalue weighted by molar-refractivity contribution is 5.02. The Bertz CT molecular complexity index is 411. The van der Waals surface area contributed by atoms with E-state index in [1.54, 1.807) is 0 Å². The minimum Gasteiger partial charge on any atom is -0.381 e. The van der Waals surface area contributed by atoms with Crippen molar-refractivity contribution in [3.8, 4) is 0 Å². The molecule has 0 aliphatic carbocycles. The lowest BCUT2D eigenvalue weighted by molar-refractivity contribution is 0.0495. The predicted octanol–water partition coefficient (Wildman–Crippen LogP) is 2.43. The Balaban J connectivity index is 2.06. The van der Waals surface area contributed by atoms with Crippen LogP contribution in [-0.4, -0.2) is 42.5 Å². The van der Waals surface area contributed by atoms with Gasteiger partial charge in [0.15, 0.2) is 0 Å². The average Bonchev–Trinajstić information content (AvgIpc) is 3.00. The number of aromatic nitrogens is 2. The summed E-state index contributed by atoms with van der Waals surface area (Å²) in [6.45, 7) is 9.27. The lowest BCUT2D eigenvalue weighted by Gasteiger charge is -2.29. The Kier molecular flexibility index (Phi) is 6.60. The molecular weight excluding hydrogens is 270 g/mol. The molecule has 1 fully saturated rings. The summed E-state index contributed by atoms with van der Waals surface area (Å²) >= 11 is 0. The number of hydrogen-bond donors (Lipinski definition) is 1. The summed E-state index contributed by atoms with van der Waals surface area (Å²) in [6.07, 6.45) is 2.84. The topological polar surface area (TPSA) is 69.4 Å². The summed E-state index contributed by atoms with van der Waals surface area (Å²) in [5.74, 6) is 1.44. The second-order valence-corrected chi connectivity index (χ2v) is 5.37. The average molecular weight is 297 g/mol. The third-order valence-electron chi connectivity index (χ3n) is 3.81. The van der Waals surface area contributed by atoms with Gasteiger partial charge in [0.1, 0.15) is 6.10 Å². The zero-order valence-electron chi connectivity index (χ0n) is 13.3. The Morgan fingerprint density at radius 2 is 2.24 bits per heavy atom. The lowest BCUT2D eigenvalue weighted by Crippen LogP contribution is -2.41. The van der Waals surface area contributed by atoms with Crippen molar-refractivity contribution in [1.29, 1.82) is 0 Å². The molecule has 3 atom stereocenters. The second-order valence-electron chi connectivity index (χ2n) is 5.37. The molecule has 0 bridgehead atoms. The number of nitrogens with one attached hydrogen (secondary N) is 1. The van der Waals surface area contributed by atoms with Crippen molar-refractivity contribution in [2.24, 2.45) is 0 Å². The summed E-state index contributed by atoms with van der Waals surface area (Å²) in [4.78, 5) is 4.56. The van der Waals surface area contributed by atoms with Crippen molar-refractivity contribution in [3.05, 3.63) is 11.7 Å². The van der Waals surface area contributed by atoms with E-state index in [9.17, 15) is 0 Å². The van der Waals surface area contributed by atoms with E-state index in [2.05, 4.69) is 29.3 Å². The van der Waals surface area contributed by atoms with Crippen LogP contribution >= 0.6 is 0 Å². The van der Waals surface area contributed by atoms with Gasteiger partial charge >= 0.3 is 0 Å². The van der Waals surface area contributed by atoms with Gasteiger partial charge in [-0.3, -0.25) is 0 Å². The Morgan fingerprint density at radius 1 is 1.38 bits per heavy atom. The molecule has 1 aromatic rings. The van der Waals surface area contributed by atoms with Crippen LogP contribution in [0.15, 0.2) is 4.52 Å². The van der Waals surface area contributed by atoms with Crippen LogP contribution in [0.2, 0.25) is 0 Å². The van der Waals surface area contributed by atoms with E-state index in [1.807, 2.05) is 6.92 Å². The third-order valence-corrected chi connectivity index (χ3v) is 3.81. The molecular formula is C15H27N3O3. The van der Waals surface area contributed by atoms with Crippen LogP contribution in [0.3, 0.4) is 0 Å². The zero-order valence-corrected chi connectivity index (χ0v) is 13.3. The van der Waals surface area contributed by atoms with Gasteiger partial charge in [-0.25, -0.2) is 0 Å². The van der Waals surface area contributed by atoms with Gasteiger partial charge in [0.25, 0.3) is 0 Å². The first-order chi connectivity index (χ1) is 10.3. The van der Waals surface area contributed by atoms with Gasteiger partial charge in [-0.05, 0) is 32.7 Å². The van der Waals surface area contributed by atoms with Crippen LogP contribution < -0.4 is 5.32 Å². The van der Waals surface area contributed by atoms with Gasteiger partial charge < -0.3 is 19.3 Å². The van der Waals surface area contributed by atoms with Gasteiger partial charge in [0, 0.05) is 19.3 Å². The summed E-state index contributed by atoms with van der Waals surface area (Å²) < 4.78 is 16.7. The largest absolute Gasteiger partial charge is 0.381 e. The Hall–Kier alpha value is -0.980. The molecule has 3 unspecified atom stereocenters. The minimum atomic E-state index is -0.0842. The number of rotatable bonds is 8. The highest BCUT2D eigenvalue weighted by atomic mass is 16.5. The zero-order chi connectivity index (χ0) is 15.1. The molecule has 0 radical (unpaired) electrons. The summed E-state index contributed by atoms with van der Waals surface area (Å²) in [6, 6.07) is 0.346. The van der Waals surface area contributed by atoms with Gasteiger partial charge in [-0.15, -0.1) is 0 Å². The van der Waals surface area contributed by atoms with Crippen LogP contribution in [0.1, 0.15) is 63.8 Å². The third kappa shape index (κ3) is 4.25.